The number of aryl methyl sites for hydroxylation is 1. The van der Waals surface area contributed by atoms with Crippen molar-refractivity contribution in [3.8, 4) is 17.0 Å². The van der Waals surface area contributed by atoms with Crippen molar-refractivity contribution >= 4 is 5.97 Å². The summed E-state index contributed by atoms with van der Waals surface area (Å²) in [6.07, 6.45) is 2.11. The van der Waals surface area contributed by atoms with Crippen LogP contribution in [0.15, 0.2) is 24.3 Å². The van der Waals surface area contributed by atoms with E-state index < -0.39 is 5.97 Å². The third kappa shape index (κ3) is 2.99. The van der Waals surface area contributed by atoms with E-state index in [-0.39, 0.29) is 5.56 Å². The molecule has 0 fully saturated rings. The standard InChI is InChI=1S/C15H18N2O3/c1-3-4-9-20-12-7-5-11(6-8-12)14-13(15(18)19)10(2)16-17-14/h5-8H,3-4,9H2,1-2H3,(H,16,17)(H,18,19). The van der Waals surface area contributed by atoms with Gasteiger partial charge in [-0.1, -0.05) is 13.3 Å². The van der Waals surface area contributed by atoms with Gasteiger partial charge in [0.2, 0.25) is 0 Å². The van der Waals surface area contributed by atoms with Crippen LogP contribution in [0.3, 0.4) is 0 Å². The van der Waals surface area contributed by atoms with Crippen LogP contribution in [0.25, 0.3) is 11.3 Å². The number of nitrogens with one attached hydrogen (secondary N) is 1. The van der Waals surface area contributed by atoms with Crippen LogP contribution in [0, 0.1) is 6.92 Å². The van der Waals surface area contributed by atoms with E-state index in [2.05, 4.69) is 17.1 Å². The molecule has 1 heterocycles. The average molecular weight is 274 g/mol. The molecule has 1 aromatic carbocycles. The zero-order valence-corrected chi connectivity index (χ0v) is 11.6. The highest BCUT2D eigenvalue weighted by molar-refractivity contribution is 5.96. The molecule has 0 saturated heterocycles. The largest absolute Gasteiger partial charge is 0.494 e. The van der Waals surface area contributed by atoms with Gasteiger partial charge in [0.25, 0.3) is 0 Å². The monoisotopic (exact) mass is 274 g/mol. The average Bonchev–Trinajstić information content (AvgIpc) is 2.82. The summed E-state index contributed by atoms with van der Waals surface area (Å²) >= 11 is 0. The number of aromatic carboxylic acids is 1. The second-order valence-corrected chi connectivity index (χ2v) is 4.60. The molecule has 2 rings (SSSR count). The van der Waals surface area contributed by atoms with E-state index in [9.17, 15) is 9.90 Å². The van der Waals surface area contributed by atoms with E-state index in [0.29, 0.717) is 18.0 Å². The Labute approximate surface area is 117 Å². The number of carbonyl (C=O) groups is 1. The third-order valence-corrected chi connectivity index (χ3v) is 3.06. The minimum Gasteiger partial charge on any atom is -0.494 e. The van der Waals surface area contributed by atoms with Crippen LogP contribution < -0.4 is 4.74 Å². The number of hydrogen-bond donors (Lipinski definition) is 2. The third-order valence-electron chi connectivity index (χ3n) is 3.06. The first-order valence-corrected chi connectivity index (χ1v) is 6.65. The molecule has 0 bridgehead atoms. The first kappa shape index (κ1) is 14.1. The van der Waals surface area contributed by atoms with Gasteiger partial charge in [-0.15, -0.1) is 0 Å². The summed E-state index contributed by atoms with van der Waals surface area (Å²) in [5.74, 6) is -0.194. The maximum absolute atomic E-state index is 11.2. The molecular formula is C15H18N2O3. The molecule has 0 spiro atoms. The summed E-state index contributed by atoms with van der Waals surface area (Å²) in [5, 5.41) is 16.0. The first-order valence-electron chi connectivity index (χ1n) is 6.65. The smallest absolute Gasteiger partial charge is 0.339 e. The van der Waals surface area contributed by atoms with Crippen LogP contribution in [-0.4, -0.2) is 27.9 Å². The Morgan fingerprint density at radius 3 is 2.65 bits per heavy atom. The van der Waals surface area contributed by atoms with E-state index in [1.165, 1.54) is 0 Å². The van der Waals surface area contributed by atoms with Crippen molar-refractivity contribution in [2.75, 3.05) is 6.61 Å². The fourth-order valence-electron chi connectivity index (χ4n) is 1.94. The summed E-state index contributed by atoms with van der Waals surface area (Å²) in [4.78, 5) is 11.2. The first-order chi connectivity index (χ1) is 9.63. The van der Waals surface area contributed by atoms with Gasteiger partial charge in [-0.3, -0.25) is 5.10 Å². The molecule has 0 radical (unpaired) electrons. The Kier molecular flexibility index (Phi) is 4.40. The molecule has 0 amide bonds. The second kappa shape index (κ2) is 6.23. The fraction of sp³-hybridized carbons (Fsp3) is 0.333. The Morgan fingerprint density at radius 2 is 2.05 bits per heavy atom. The predicted octanol–water partition coefficient (Wildman–Crippen LogP) is 3.26. The SMILES string of the molecule is CCCCOc1ccc(-c2n[nH]c(C)c2C(=O)O)cc1. The van der Waals surface area contributed by atoms with Crippen molar-refractivity contribution in [1.29, 1.82) is 0 Å². The van der Waals surface area contributed by atoms with Gasteiger partial charge in [0.05, 0.1) is 6.61 Å². The lowest BCUT2D eigenvalue weighted by Crippen LogP contribution is -1.99. The van der Waals surface area contributed by atoms with Gasteiger partial charge in [0.15, 0.2) is 0 Å². The van der Waals surface area contributed by atoms with Crippen molar-refractivity contribution in [2.24, 2.45) is 0 Å². The molecular weight excluding hydrogens is 256 g/mol. The highest BCUT2D eigenvalue weighted by atomic mass is 16.5. The van der Waals surface area contributed by atoms with E-state index in [1.807, 2.05) is 24.3 Å². The molecule has 1 aromatic heterocycles. The quantitative estimate of drug-likeness (QED) is 0.793. The highest BCUT2D eigenvalue weighted by Gasteiger charge is 2.18. The van der Waals surface area contributed by atoms with Gasteiger partial charge in [-0.2, -0.15) is 5.10 Å². The number of aromatic amines is 1. The van der Waals surface area contributed by atoms with E-state index >= 15 is 0 Å². The highest BCUT2D eigenvalue weighted by Crippen LogP contribution is 2.25. The summed E-state index contributed by atoms with van der Waals surface area (Å²) in [6.45, 7) is 4.50. The maximum Gasteiger partial charge on any atom is 0.339 e. The molecule has 0 aliphatic heterocycles. The molecule has 0 atom stereocenters. The Morgan fingerprint density at radius 1 is 1.35 bits per heavy atom. The van der Waals surface area contributed by atoms with Gasteiger partial charge in [0.1, 0.15) is 17.0 Å². The molecule has 0 unspecified atom stereocenters. The summed E-state index contributed by atoms with van der Waals surface area (Å²) in [6, 6.07) is 7.31. The van der Waals surface area contributed by atoms with Gasteiger partial charge < -0.3 is 9.84 Å². The molecule has 106 valence electrons. The van der Waals surface area contributed by atoms with Crippen LogP contribution in [0.2, 0.25) is 0 Å². The van der Waals surface area contributed by atoms with Crippen molar-refractivity contribution < 1.29 is 14.6 Å². The number of carboxylic acid groups (broad SMARTS) is 1. The topological polar surface area (TPSA) is 75.2 Å². The van der Waals surface area contributed by atoms with Crippen LogP contribution in [0.5, 0.6) is 5.75 Å². The number of benzene rings is 1. The number of ether oxygens (including phenoxy) is 1. The zero-order chi connectivity index (χ0) is 14.5. The second-order valence-electron chi connectivity index (χ2n) is 4.60. The van der Waals surface area contributed by atoms with Crippen molar-refractivity contribution in [3.05, 3.63) is 35.5 Å². The van der Waals surface area contributed by atoms with Gasteiger partial charge >= 0.3 is 5.97 Å². The summed E-state index contributed by atoms with van der Waals surface area (Å²) < 4.78 is 5.58. The number of nitrogens with zero attached hydrogens (tertiary/aromatic N) is 1. The zero-order valence-electron chi connectivity index (χ0n) is 11.6. The Balaban J connectivity index is 2.20. The molecule has 5 nitrogen and oxygen atoms in total. The number of unbranched alkanes of at least 4 members (excludes halogenated alkanes) is 1. The van der Waals surface area contributed by atoms with Crippen LogP contribution in [-0.2, 0) is 0 Å². The number of aromatic nitrogens is 2. The Bertz CT molecular complexity index is 588. The number of H-pyrrole nitrogens is 1. The van der Waals surface area contributed by atoms with Crippen molar-refractivity contribution in [1.82, 2.24) is 10.2 Å². The summed E-state index contributed by atoms with van der Waals surface area (Å²) in [7, 11) is 0. The maximum atomic E-state index is 11.2. The van der Waals surface area contributed by atoms with Gasteiger partial charge in [0, 0.05) is 11.3 Å². The lowest BCUT2D eigenvalue weighted by atomic mass is 10.1. The van der Waals surface area contributed by atoms with Gasteiger partial charge in [-0.25, -0.2) is 4.79 Å². The van der Waals surface area contributed by atoms with Crippen LogP contribution >= 0.6 is 0 Å². The minimum absolute atomic E-state index is 0.213. The normalized spacial score (nSPS) is 10.5. The fourth-order valence-corrected chi connectivity index (χ4v) is 1.94. The van der Waals surface area contributed by atoms with E-state index in [0.717, 1.165) is 24.2 Å². The molecule has 0 saturated carbocycles. The molecule has 5 heteroatoms. The van der Waals surface area contributed by atoms with E-state index in [4.69, 9.17) is 4.74 Å². The summed E-state index contributed by atoms with van der Waals surface area (Å²) in [5.41, 5.74) is 1.98. The van der Waals surface area contributed by atoms with Crippen LogP contribution in [0.1, 0.15) is 35.8 Å². The van der Waals surface area contributed by atoms with Crippen LogP contribution in [0.4, 0.5) is 0 Å². The predicted molar refractivity (Wildman–Crippen MR) is 76.1 cm³/mol. The molecule has 2 aromatic rings. The molecule has 0 aliphatic rings. The van der Waals surface area contributed by atoms with Crippen molar-refractivity contribution in [2.45, 2.75) is 26.7 Å². The minimum atomic E-state index is -0.977. The van der Waals surface area contributed by atoms with E-state index in [1.54, 1.807) is 6.92 Å². The lowest BCUT2D eigenvalue weighted by Gasteiger charge is -2.06. The molecule has 2 N–H and O–H groups in total. The van der Waals surface area contributed by atoms with Gasteiger partial charge in [-0.05, 0) is 37.6 Å². The van der Waals surface area contributed by atoms with Crippen molar-refractivity contribution in [3.63, 3.8) is 0 Å². The molecule has 0 aliphatic carbocycles. The number of rotatable bonds is 6. The lowest BCUT2D eigenvalue weighted by molar-refractivity contribution is 0.0697. The number of carboxylic acids is 1. The Hall–Kier alpha value is -2.30. The molecule has 20 heavy (non-hydrogen) atoms. The number of hydrogen-bond acceptors (Lipinski definition) is 3.